The lowest BCUT2D eigenvalue weighted by molar-refractivity contribution is 0.0691. The topological polar surface area (TPSA) is 72.8 Å². The van der Waals surface area contributed by atoms with E-state index in [1.54, 1.807) is 18.2 Å². The van der Waals surface area contributed by atoms with E-state index in [0.29, 0.717) is 0 Å². The third-order valence-electron chi connectivity index (χ3n) is 2.77. The molecule has 23 heavy (non-hydrogen) atoms. The summed E-state index contributed by atoms with van der Waals surface area (Å²) in [4.78, 5) is 22.9. The number of carbonyl (C=O) groups excluding carboxylic acids is 1. The van der Waals surface area contributed by atoms with Gasteiger partial charge in [-0.05, 0) is 30.3 Å². The van der Waals surface area contributed by atoms with Crippen LogP contribution in [0.2, 0.25) is 0 Å². The molecule has 1 N–H and O–H groups in total. The van der Waals surface area contributed by atoms with E-state index in [1.165, 1.54) is 24.3 Å². The number of hydrogen-bond acceptors (Lipinski definition) is 4. The molecule has 0 radical (unpaired) electrons. The quantitative estimate of drug-likeness (QED) is 0.653. The van der Waals surface area contributed by atoms with Crippen molar-refractivity contribution in [1.82, 2.24) is 0 Å². The highest BCUT2D eigenvalue weighted by Gasteiger charge is 2.16. The molecular weight excluding hydrogens is 310 g/mol. The summed E-state index contributed by atoms with van der Waals surface area (Å²) in [5.74, 6) is -2.35. The van der Waals surface area contributed by atoms with E-state index in [1.807, 2.05) is 0 Å². The lowest BCUT2D eigenvalue weighted by Crippen LogP contribution is -2.12. The molecule has 0 bridgehead atoms. The molecule has 5 nitrogen and oxygen atoms in total. The summed E-state index contributed by atoms with van der Waals surface area (Å²) >= 11 is 0. The second-order valence-corrected chi connectivity index (χ2v) is 4.42. The largest absolute Gasteiger partial charge is 0.484 e. The zero-order valence-electron chi connectivity index (χ0n) is 11.7. The third-order valence-corrected chi connectivity index (χ3v) is 2.77. The molecule has 0 saturated heterocycles. The molecule has 0 aliphatic heterocycles. The second kappa shape index (κ2) is 7.35. The van der Waals surface area contributed by atoms with Crippen LogP contribution in [-0.2, 0) is 0 Å². The van der Waals surface area contributed by atoms with Crippen molar-refractivity contribution in [2.75, 3.05) is 6.61 Å². The standard InChI is InChI=1S/C16H12F2O5/c17-14(18)9-22-13-8-11(15(19)20)6-7-12(13)23-16(21)10-4-2-1-3-5-10/h1-8,14H,9H2,(H,19,20). The monoisotopic (exact) mass is 322 g/mol. The number of alkyl halides is 2. The van der Waals surface area contributed by atoms with Crippen LogP contribution in [0.3, 0.4) is 0 Å². The minimum absolute atomic E-state index is 0.135. The van der Waals surface area contributed by atoms with Crippen LogP contribution >= 0.6 is 0 Å². The normalized spacial score (nSPS) is 10.4. The van der Waals surface area contributed by atoms with E-state index in [0.717, 1.165) is 6.07 Å². The predicted octanol–water partition coefficient (Wildman–Crippen LogP) is 3.25. The summed E-state index contributed by atoms with van der Waals surface area (Å²) < 4.78 is 34.5. The van der Waals surface area contributed by atoms with Crippen LogP contribution < -0.4 is 9.47 Å². The number of halogens is 2. The summed E-state index contributed by atoms with van der Waals surface area (Å²) in [7, 11) is 0. The fraction of sp³-hybridized carbons (Fsp3) is 0.125. The van der Waals surface area contributed by atoms with Gasteiger partial charge in [-0.3, -0.25) is 0 Å². The number of carboxylic acids is 1. The van der Waals surface area contributed by atoms with Gasteiger partial charge in [-0.2, -0.15) is 0 Å². The Labute approximate surface area is 130 Å². The Morgan fingerprint density at radius 1 is 1.00 bits per heavy atom. The number of hydrogen-bond donors (Lipinski definition) is 1. The van der Waals surface area contributed by atoms with Gasteiger partial charge in [0.05, 0.1) is 11.1 Å². The highest BCUT2D eigenvalue weighted by molar-refractivity contribution is 5.92. The molecule has 0 heterocycles. The van der Waals surface area contributed by atoms with Crippen molar-refractivity contribution < 1.29 is 33.0 Å². The number of carbonyl (C=O) groups is 2. The molecule has 0 aliphatic rings. The molecule has 0 aliphatic carbocycles. The Balaban J connectivity index is 2.25. The smallest absolute Gasteiger partial charge is 0.343 e. The number of carboxylic acid groups (broad SMARTS) is 1. The maximum absolute atomic E-state index is 12.3. The van der Waals surface area contributed by atoms with Crippen molar-refractivity contribution >= 4 is 11.9 Å². The zero-order valence-corrected chi connectivity index (χ0v) is 11.7. The molecular formula is C16H12F2O5. The van der Waals surface area contributed by atoms with Gasteiger partial charge in [0.25, 0.3) is 6.43 Å². The van der Waals surface area contributed by atoms with Gasteiger partial charge in [0.1, 0.15) is 6.61 Å². The maximum Gasteiger partial charge on any atom is 0.343 e. The van der Waals surface area contributed by atoms with Gasteiger partial charge < -0.3 is 14.6 Å². The van der Waals surface area contributed by atoms with Crippen LogP contribution in [0.4, 0.5) is 8.78 Å². The summed E-state index contributed by atoms with van der Waals surface area (Å²) in [6.07, 6.45) is -2.75. The Kier molecular flexibility index (Phi) is 5.24. The van der Waals surface area contributed by atoms with Crippen LogP contribution in [0.1, 0.15) is 20.7 Å². The van der Waals surface area contributed by atoms with Crippen LogP contribution in [0.15, 0.2) is 48.5 Å². The Morgan fingerprint density at radius 3 is 2.30 bits per heavy atom. The summed E-state index contributed by atoms with van der Waals surface area (Å²) in [6, 6.07) is 11.4. The fourth-order valence-electron chi connectivity index (χ4n) is 1.72. The summed E-state index contributed by atoms with van der Waals surface area (Å²) in [5, 5.41) is 8.93. The van der Waals surface area contributed by atoms with Crippen molar-refractivity contribution in [3.05, 3.63) is 59.7 Å². The minimum Gasteiger partial charge on any atom is -0.484 e. The first-order valence-corrected chi connectivity index (χ1v) is 6.53. The van der Waals surface area contributed by atoms with Crippen molar-refractivity contribution in [1.29, 1.82) is 0 Å². The number of ether oxygens (including phenoxy) is 2. The van der Waals surface area contributed by atoms with Crippen LogP contribution in [-0.4, -0.2) is 30.1 Å². The highest BCUT2D eigenvalue weighted by Crippen LogP contribution is 2.29. The Bertz CT molecular complexity index is 701. The molecule has 2 aromatic rings. The van der Waals surface area contributed by atoms with Crippen molar-refractivity contribution in [3.8, 4) is 11.5 Å². The van der Waals surface area contributed by atoms with E-state index >= 15 is 0 Å². The number of benzene rings is 2. The SMILES string of the molecule is O=C(O)c1ccc(OC(=O)c2ccccc2)c(OCC(F)F)c1. The first kappa shape index (κ1) is 16.4. The highest BCUT2D eigenvalue weighted by atomic mass is 19.3. The van der Waals surface area contributed by atoms with Crippen LogP contribution in [0, 0.1) is 0 Å². The van der Waals surface area contributed by atoms with Gasteiger partial charge in [-0.15, -0.1) is 0 Å². The molecule has 0 unspecified atom stereocenters. The van der Waals surface area contributed by atoms with E-state index < -0.39 is 25.0 Å². The van der Waals surface area contributed by atoms with Crippen LogP contribution in [0.25, 0.3) is 0 Å². The van der Waals surface area contributed by atoms with Crippen molar-refractivity contribution in [3.63, 3.8) is 0 Å². The maximum atomic E-state index is 12.3. The molecule has 2 aromatic carbocycles. The van der Waals surface area contributed by atoms with Gasteiger partial charge in [0.2, 0.25) is 0 Å². The Hall–Kier alpha value is -2.96. The zero-order chi connectivity index (χ0) is 16.8. The molecule has 0 fully saturated rings. The van der Waals surface area contributed by atoms with Crippen molar-refractivity contribution in [2.24, 2.45) is 0 Å². The van der Waals surface area contributed by atoms with Gasteiger partial charge in [0.15, 0.2) is 11.5 Å². The molecule has 0 saturated carbocycles. The average molecular weight is 322 g/mol. The van der Waals surface area contributed by atoms with Crippen molar-refractivity contribution in [2.45, 2.75) is 6.43 Å². The van der Waals surface area contributed by atoms with E-state index in [4.69, 9.17) is 14.6 Å². The summed E-state index contributed by atoms with van der Waals surface area (Å²) in [5.41, 5.74) is 0.0865. The van der Waals surface area contributed by atoms with E-state index in [2.05, 4.69) is 0 Å². The van der Waals surface area contributed by atoms with Gasteiger partial charge in [-0.1, -0.05) is 18.2 Å². The predicted molar refractivity (Wildman–Crippen MR) is 76.3 cm³/mol. The lowest BCUT2D eigenvalue weighted by atomic mass is 10.2. The molecule has 7 heteroatoms. The van der Waals surface area contributed by atoms with Crippen LogP contribution in [0.5, 0.6) is 11.5 Å². The molecule has 0 atom stereocenters. The fourth-order valence-corrected chi connectivity index (χ4v) is 1.72. The lowest BCUT2D eigenvalue weighted by Gasteiger charge is -2.12. The van der Waals surface area contributed by atoms with Gasteiger partial charge in [-0.25, -0.2) is 18.4 Å². The molecule has 0 aromatic heterocycles. The van der Waals surface area contributed by atoms with Gasteiger partial charge >= 0.3 is 11.9 Å². The minimum atomic E-state index is -2.75. The molecule has 0 amide bonds. The van der Waals surface area contributed by atoms with E-state index in [-0.39, 0.29) is 22.6 Å². The number of esters is 1. The van der Waals surface area contributed by atoms with E-state index in [9.17, 15) is 18.4 Å². The molecule has 2 rings (SSSR count). The molecule has 120 valence electrons. The number of aromatic carboxylic acids is 1. The number of rotatable bonds is 6. The Morgan fingerprint density at radius 2 is 1.70 bits per heavy atom. The average Bonchev–Trinajstić information content (AvgIpc) is 2.54. The first-order chi connectivity index (χ1) is 11.0. The second-order valence-electron chi connectivity index (χ2n) is 4.42. The first-order valence-electron chi connectivity index (χ1n) is 6.53. The third kappa shape index (κ3) is 4.50. The van der Waals surface area contributed by atoms with Gasteiger partial charge in [0, 0.05) is 0 Å². The summed E-state index contributed by atoms with van der Waals surface area (Å²) in [6.45, 7) is -0.945. The molecule has 0 spiro atoms.